The first kappa shape index (κ1) is 18.1. The molecule has 4 heterocycles. The van der Waals surface area contributed by atoms with E-state index in [0.717, 1.165) is 63.2 Å². The van der Waals surface area contributed by atoms with Gasteiger partial charge in [-0.2, -0.15) is 0 Å². The fourth-order valence-corrected chi connectivity index (χ4v) is 4.37. The van der Waals surface area contributed by atoms with Gasteiger partial charge < -0.3 is 4.90 Å². The second-order valence-electron chi connectivity index (χ2n) is 7.89. The highest BCUT2D eigenvalue weighted by Crippen LogP contribution is 2.22. The molecule has 0 amide bonds. The molecule has 0 saturated heterocycles. The number of anilines is 1. The summed E-state index contributed by atoms with van der Waals surface area (Å²) in [5.41, 5.74) is 5.80. The van der Waals surface area contributed by atoms with E-state index >= 15 is 0 Å². The highest BCUT2D eigenvalue weighted by atomic mass is 16.1. The lowest BCUT2D eigenvalue weighted by molar-refractivity contribution is 0.279. The van der Waals surface area contributed by atoms with Gasteiger partial charge in [0.05, 0.1) is 5.69 Å². The van der Waals surface area contributed by atoms with E-state index < -0.39 is 0 Å². The number of aromatic nitrogens is 3. The van der Waals surface area contributed by atoms with E-state index in [-0.39, 0.29) is 5.56 Å². The van der Waals surface area contributed by atoms with Gasteiger partial charge in [-0.3, -0.25) is 19.7 Å². The number of aromatic amines is 1. The summed E-state index contributed by atoms with van der Waals surface area (Å²) in [6.07, 6.45) is 6.19. The molecule has 148 valence electrons. The molecule has 2 aliphatic rings. The molecule has 29 heavy (non-hydrogen) atoms. The van der Waals surface area contributed by atoms with Crippen LogP contribution in [0.5, 0.6) is 0 Å². The zero-order valence-electron chi connectivity index (χ0n) is 16.5. The van der Waals surface area contributed by atoms with Crippen molar-refractivity contribution in [3.05, 3.63) is 87.1 Å². The minimum Gasteiger partial charge on any atom is -0.338 e. The van der Waals surface area contributed by atoms with E-state index in [9.17, 15) is 4.79 Å². The van der Waals surface area contributed by atoms with Crippen molar-refractivity contribution in [3.63, 3.8) is 0 Å². The molecule has 1 N–H and O–H groups in total. The Labute approximate surface area is 170 Å². The largest absolute Gasteiger partial charge is 0.338 e. The van der Waals surface area contributed by atoms with Crippen molar-refractivity contribution in [2.24, 2.45) is 0 Å². The Hall–Kier alpha value is -2.99. The van der Waals surface area contributed by atoms with Gasteiger partial charge in [0.25, 0.3) is 5.56 Å². The summed E-state index contributed by atoms with van der Waals surface area (Å²) in [6.45, 7) is 4.34. The van der Waals surface area contributed by atoms with Crippen LogP contribution in [0.3, 0.4) is 0 Å². The van der Waals surface area contributed by atoms with Crippen LogP contribution >= 0.6 is 0 Å². The van der Waals surface area contributed by atoms with Crippen molar-refractivity contribution in [2.45, 2.75) is 32.4 Å². The van der Waals surface area contributed by atoms with Crippen LogP contribution in [0.25, 0.3) is 0 Å². The van der Waals surface area contributed by atoms with Crippen LogP contribution in [0.1, 0.15) is 27.9 Å². The Kier molecular flexibility index (Phi) is 4.86. The fraction of sp³-hybridized carbons (Fsp3) is 0.348. The molecule has 0 spiro atoms. The standard InChI is InChI=1S/C23H25N5O/c29-22-20-8-12-27(15-17-5-10-24-11-6-17)13-9-21(20)25-23(26-22)28-14-7-18-3-1-2-4-19(18)16-28/h1-6,10-11H,7-9,12-16H2,(H,25,26,29). The normalized spacial score (nSPS) is 16.8. The zero-order valence-corrected chi connectivity index (χ0v) is 16.5. The molecule has 0 radical (unpaired) electrons. The summed E-state index contributed by atoms with van der Waals surface area (Å²) < 4.78 is 0. The van der Waals surface area contributed by atoms with Gasteiger partial charge in [-0.1, -0.05) is 24.3 Å². The molecule has 0 atom stereocenters. The van der Waals surface area contributed by atoms with E-state index in [2.05, 4.69) is 56.2 Å². The van der Waals surface area contributed by atoms with Crippen molar-refractivity contribution >= 4 is 5.95 Å². The second-order valence-corrected chi connectivity index (χ2v) is 7.89. The lowest BCUT2D eigenvalue weighted by Crippen LogP contribution is -2.34. The molecule has 0 aliphatic carbocycles. The topological polar surface area (TPSA) is 65.1 Å². The maximum atomic E-state index is 12.8. The SMILES string of the molecule is O=c1[nH]c(N2CCc3ccccc3C2)nc2c1CCN(Cc1ccncc1)CC2. The van der Waals surface area contributed by atoms with Crippen LogP contribution in [0.15, 0.2) is 53.6 Å². The third-order valence-electron chi connectivity index (χ3n) is 6.02. The Balaban J connectivity index is 1.35. The summed E-state index contributed by atoms with van der Waals surface area (Å²) in [6, 6.07) is 12.6. The van der Waals surface area contributed by atoms with Crippen LogP contribution < -0.4 is 10.5 Å². The van der Waals surface area contributed by atoms with Crippen LogP contribution in [-0.4, -0.2) is 39.5 Å². The quantitative estimate of drug-likeness (QED) is 0.747. The Morgan fingerprint density at radius 3 is 2.59 bits per heavy atom. The number of H-pyrrole nitrogens is 1. The maximum absolute atomic E-state index is 12.8. The van der Waals surface area contributed by atoms with Gasteiger partial charge in [0.2, 0.25) is 5.95 Å². The number of fused-ring (bicyclic) bond motifs is 2. The Bertz CT molecular complexity index is 1060. The summed E-state index contributed by atoms with van der Waals surface area (Å²) in [7, 11) is 0. The number of benzene rings is 1. The summed E-state index contributed by atoms with van der Waals surface area (Å²) >= 11 is 0. The number of nitrogens with one attached hydrogen (secondary N) is 1. The van der Waals surface area contributed by atoms with E-state index in [1.165, 1.54) is 16.7 Å². The van der Waals surface area contributed by atoms with Gasteiger partial charge in [0.1, 0.15) is 0 Å². The van der Waals surface area contributed by atoms with E-state index in [1.54, 1.807) is 0 Å². The first-order chi connectivity index (χ1) is 14.3. The first-order valence-electron chi connectivity index (χ1n) is 10.3. The van der Waals surface area contributed by atoms with Crippen LogP contribution in [0.2, 0.25) is 0 Å². The van der Waals surface area contributed by atoms with Gasteiger partial charge in [-0.25, -0.2) is 4.98 Å². The lowest BCUT2D eigenvalue weighted by atomic mass is 10.0. The molecule has 2 aromatic heterocycles. The number of rotatable bonds is 3. The Morgan fingerprint density at radius 2 is 1.72 bits per heavy atom. The lowest BCUT2D eigenvalue weighted by Gasteiger charge is -2.29. The molecule has 6 heteroatoms. The fourth-order valence-electron chi connectivity index (χ4n) is 4.37. The van der Waals surface area contributed by atoms with Crippen molar-refractivity contribution in [2.75, 3.05) is 24.5 Å². The molecule has 5 rings (SSSR count). The average molecular weight is 387 g/mol. The molecule has 2 aliphatic heterocycles. The molecule has 6 nitrogen and oxygen atoms in total. The molecule has 0 unspecified atom stereocenters. The minimum atomic E-state index is 0.0228. The van der Waals surface area contributed by atoms with Crippen LogP contribution in [0.4, 0.5) is 5.95 Å². The summed E-state index contributed by atoms with van der Waals surface area (Å²) in [5, 5.41) is 0. The molecular formula is C23H25N5O. The molecular weight excluding hydrogens is 362 g/mol. The van der Waals surface area contributed by atoms with E-state index in [1.807, 2.05) is 12.4 Å². The predicted molar refractivity (Wildman–Crippen MR) is 113 cm³/mol. The van der Waals surface area contributed by atoms with Gasteiger partial charge in [-0.05, 0) is 41.7 Å². The highest BCUT2D eigenvalue weighted by Gasteiger charge is 2.22. The number of hydrogen-bond donors (Lipinski definition) is 1. The number of hydrogen-bond acceptors (Lipinski definition) is 5. The maximum Gasteiger partial charge on any atom is 0.255 e. The predicted octanol–water partition coefficient (Wildman–Crippen LogP) is 2.33. The smallest absolute Gasteiger partial charge is 0.255 e. The van der Waals surface area contributed by atoms with Crippen molar-refractivity contribution in [1.82, 2.24) is 19.9 Å². The summed E-state index contributed by atoms with van der Waals surface area (Å²) in [5.74, 6) is 0.714. The van der Waals surface area contributed by atoms with Crippen molar-refractivity contribution < 1.29 is 0 Å². The van der Waals surface area contributed by atoms with Crippen LogP contribution in [-0.2, 0) is 32.4 Å². The van der Waals surface area contributed by atoms with Gasteiger partial charge in [0, 0.05) is 57.1 Å². The number of pyridine rings is 1. The third-order valence-corrected chi connectivity index (χ3v) is 6.02. The first-order valence-corrected chi connectivity index (χ1v) is 10.3. The summed E-state index contributed by atoms with van der Waals surface area (Å²) in [4.78, 5) is 29.5. The van der Waals surface area contributed by atoms with Crippen LogP contribution in [0, 0.1) is 0 Å². The third kappa shape index (κ3) is 3.80. The van der Waals surface area contributed by atoms with Gasteiger partial charge in [0.15, 0.2) is 0 Å². The molecule has 0 bridgehead atoms. The molecule has 0 saturated carbocycles. The molecule has 3 aromatic rings. The van der Waals surface area contributed by atoms with E-state index in [0.29, 0.717) is 5.95 Å². The van der Waals surface area contributed by atoms with Crippen molar-refractivity contribution in [1.29, 1.82) is 0 Å². The van der Waals surface area contributed by atoms with Gasteiger partial charge >= 0.3 is 0 Å². The number of nitrogens with zero attached hydrogens (tertiary/aromatic N) is 4. The zero-order chi connectivity index (χ0) is 19.6. The van der Waals surface area contributed by atoms with E-state index in [4.69, 9.17) is 4.98 Å². The molecule has 1 aromatic carbocycles. The molecule has 0 fully saturated rings. The minimum absolute atomic E-state index is 0.0228. The average Bonchev–Trinajstić information content (AvgIpc) is 2.97. The second kappa shape index (κ2) is 7.79. The van der Waals surface area contributed by atoms with Crippen molar-refractivity contribution in [3.8, 4) is 0 Å². The Morgan fingerprint density at radius 1 is 0.931 bits per heavy atom. The monoisotopic (exact) mass is 387 g/mol. The van der Waals surface area contributed by atoms with Gasteiger partial charge in [-0.15, -0.1) is 0 Å². The highest BCUT2D eigenvalue weighted by molar-refractivity contribution is 5.41.